The summed E-state index contributed by atoms with van der Waals surface area (Å²) < 4.78 is 0. The van der Waals surface area contributed by atoms with Crippen molar-refractivity contribution in [3.8, 4) is 11.3 Å². The van der Waals surface area contributed by atoms with Crippen molar-refractivity contribution in [2.75, 3.05) is 5.73 Å². The van der Waals surface area contributed by atoms with E-state index in [1.807, 2.05) is 0 Å². The lowest BCUT2D eigenvalue weighted by molar-refractivity contribution is 1.29. The molecule has 0 unspecified atom stereocenters. The molecule has 2 N–H and O–H groups in total. The molecule has 3 nitrogen and oxygen atoms in total. The van der Waals surface area contributed by atoms with Crippen molar-refractivity contribution < 1.29 is 0 Å². The van der Waals surface area contributed by atoms with Gasteiger partial charge in [0.2, 0.25) is 0 Å². The maximum atomic E-state index is 5.99. The Balaban J connectivity index is 2.61. The second-order valence-corrected chi connectivity index (χ2v) is 3.20. The zero-order valence-electron chi connectivity index (χ0n) is 7.31. The van der Waals surface area contributed by atoms with Gasteiger partial charge in [-0.05, 0) is 18.2 Å². The van der Waals surface area contributed by atoms with E-state index in [1.165, 1.54) is 0 Å². The van der Waals surface area contributed by atoms with Crippen LogP contribution in [0.5, 0.6) is 0 Å². The van der Waals surface area contributed by atoms with Gasteiger partial charge in [0, 0.05) is 18.0 Å². The van der Waals surface area contributed by atoms with E-state index in [0.29, 0.717) is 16.4 Å². The van der Waals surface area contributed by atoms with E-state index in [2.05, 4.69) is 9.97 Å². The zero-order chi connectivity index (χ0) is 9.97. The fraction of sp³-hybridized carbons (Fsp3) is 0. The summed E-state index contributed by atoms with van der Waals surface area (Å²) in [5, 5.41) is 0.588. The summed E-state index contributed by atoms with van der Waals surface area (Å²) in [7, 11) is 0. The van der Waals surface area contributed by atoms with Gasteiger partial charge < -0.3 is 5.73 Å². The first kappa shape index (κ1) is 8.97. The van der Waals surface area contributed by atoms with E-state index in [-0.39, 0.29) is 0 Å². The van der Waals surface area contributed by atoms with Crippen LogP contribution >= 0.6 is 11.6 Å². The Hall–Kier alpha value is -1.61. The highest BCUT2D eigenvalue weighted by molar-refractivity contribution is 6.33. The molecule has 0 saturated heterocycles. The molecule has 2 aromatic rings. The molecule has 2 rings (SSSR count). The minimum atomic E-state index is 0.577. The van der Waals surface area contributed by atoms with Gasteiger partial charge in [0.1, 0.15) is 0 Å². The second-order valence-electron chi connectivity index (χ2n) is 2.80. The van der Waals surface area contributed by atoms with Gasteiger partial charge in [-0.15, -0.1) is 0 Å². The van der Waals surface area contributed by atoms with Gasteiger partial charge in [0.15, 0.2) is 0 Å². The molecule has 0 fully saturated rings. The van der Waals surface area contributed by atoms with Crippen LogP contribution in [0.25, 0.3) is 11.3 Å². The summed E-state index contributed by atoms with van der Waals surface area (Å²) in [5.74, 6) is 0. The number of pyridine rings is 2. The van der Waals surface area contributed by atoms with Crippen LogP contribution in [0.3, 0.4) is 0 Å². The first-order valence-corrected chi connectivity index (χ1v) is 4.47. The molecule has 0 radical (unpaired) electrons. The molecule has 2 aromatic heterocycles. The van der Waals surface area contributed by atoms with Crippen molar-refractivity contribution in [2.45, 2.75) is 0 Å². The van der Waals surface area contributed by atoms with Gasteiger partial charge in [0.05, 0.1) is 22.6 Å². The van der Waals surface area contributed by atoms with Crippen molar-refractivity contribution in [1.29, 1.82) is 0 Å². The van der Waals surface area contributed by atoms with Crippen LogP contribution in [-0.2, 0) is 0 Å². The molecule has 0 spiro atoms. The summed E-state index contributed by atoms with van der Waals surface area (Å²) in [6, 6.07) is 5.36. The predicted molar refractivity (Wildman–Crippen MR) is 56.9 cm³/mol. The number of nitrogens with two attached hydrogens (primary N) is 1. The number of rotatable bonds is 1. The average molecular weight is 206 g/mol. The highest BCUT2D eigenvalue weighted by atomic mass is 35.5. The lowest BCUT2D eigenvalue weighted by atomic mass is 10.1. The Morgan fingerprint density at radius 1 is 1.21 bits per heavy atom. The topological polar surface area (TPSA) is 51.8 Å². The summed E-state index contributed by atoms with van der Waals surface area (Å²) in [6.07, 6.45) is 4.93. The van der Waals surface area contributed by atoms with E-state index >= 15 is 0 Å². The normalized spacial score (nSPS) is 10.1. The molecule has 0 aromatic carbocycles. The van der Waals surface area contributed by atoms with Crippen molar-refractivity contribution in [3.05, 3.63) is 41.8 Å². The Bertz CT molecular complexity index is 413. The third-order valence-electron chi connectivity index (χ3n) is 1.87. The van der Waals surface area contributed by atoms with Crippen LogP contribution in [0.1, 0.15) is 0 Å². The van der Waals surface area contributed by atoms with E-state index in [9.17, 15) is 0 Å². The van der Waals surface area contributed by atoms with Gasteiger partial charge in [-0.2, -0.15) is 0 Å². The Labute approximate surface area is 86.6 Å². The second kappa shape index (κ2) is 3.64. The van der Waals surface area contributed by atoms with Crippen LogP contribution in [0.15, 0.2) is 36.8 Å². The maximum absolute atomic E-state index is 5.99. The average Bonchev–Trinajstić information content (AvgIpc) is 2.20. The van der Waals surface area contributed by atoms with Crippen molar-refractivity contribution in [1.82, 2.24) is 9.97 Å². The number of aromatic nitrogens is 2. The van der Waals surface area contributed by atoms with Crippen LogP contribution < -0.4 is 5.73 Å². The molecule has 0 bridgehead atoms. The smallest absolute Gasteiger partial charge is 0.0909 e. The number of anilines is 1. The molecule has 0 atom stereocenters. The number of hydrogen-bond donors (Lipinski definition) is 1. The number of nitrogen functional groups attached to an aromatic ring is 1. The van der Waals surface area contributed by atoms with Crippen LogP contribution in [0.2, 0.25) is 5.02 Å². The van der Waals surface area contributed by atoms with Gasteiger partial charge in [-0.1, -0.05) is 11.6 Å². The third-order valence-corrected chi connectivity index (χ3v) is 2.17. The standard InChI is InChI=1S/C10H8ClN3/c11-8-2-1-4-14-10(8)7-3-5-13-6-9(7)12/h1-6H,12H2. The van der Waals surface area contributed by atoms with E-state index in [1.54, 1.807) is 36.8 Å². The minimum absolute atomic E-state index is 0.577. The summed E-state index contributed by atoms with van der Waals surface area (Å²) in [4.78, 5) is 8.07. The van der Waals surface area contributed by atoms with E-state index in [0.717, 1.165) is 5.56 Å². The van der Waals surface area contributed by atoms with Crippen molar-refractivity contribution in [2.24, 2.45) is 0 Å². The van der Waals surface area contributed by atoms with Gasteiger partial charge in [0.25, 0.3) is 0 Å². The van der Waals surface area contributed by atoms with Crippen molar-refractivity contribution in [3.63, 3.8) is 0 Å². The highest BCUT2D eigenvalue weighted by Crippen LogP contribution is 2.28. The molecular formula is C10H8ClN3. The summed E-state index contributed by atoms with van der Waals surface area (Å²) in [5.41, 5.74) is 7.84. The first-order valence-electron chi connectivity index (χ1n) is 4.09. The van der Waals surface area contributed by atoms with Crippen LogP contribution in [0, 0.1) is 0 Å². The zero-order valence-corrected chi connectivity index (χ0v) is 8.07. The monoisotopic (exact) mass is 205 g/mol. The number of halogens is 1. The number of hydrogen-bond acceptors (Lipinski definition) is 3. The van der Waals surface area contributed by atoms with Gasteiger partial charge in [-0.25, -0.2) is 0 Å². The Kier molecular flexibility index (Phi) is 2.33. The van der Waals surface area contributed by atoms with Crippen LogP contribution in [-0.4, -0.2) is 9.97 Å². The Morgan fingerprint density at radius 3 is 2.79 bits per heavy atom. The molecule has 0 aliphatic rings. The SMILES string of the molecule is Nc1cnccc1-c1ncccc1Cl. The molecule has 0 aliphatic heterocycles. The largest absolute Gasteiger partial charge is 0.397 e. The van der Waals surface area contributed by atoms with Gasteiger partial charge in [-0.3, -0.25) is 9.97 Å². The Morgan fingerprint density at radius 2 is 2.07 bits per heavy atom. The molecule has 70 valence electrons. The van der Waals surface area contributed by atoms with E-state index < -0.39 is 0 Å². The quantitative estimate of drug-likeness (QED) is 0.778. The summed E-state index contributed by atoms with van der Waals surface area (Å²) in [6.45, 7) is 0. The predicted octanol–water partition coefficient (Wildman–Crippen LogP) is 2.38. The van der Waals surface area contributed by atoms with E-state index in [4.69, 9.17) is 17.3 Å². The molecular weight excluding hydrogens is 198 g/mol. The molecule has 0 amide bonds. The van der Waals surface area contributed by atoms with Crippen molar-refractivity contribution >= 4 is 17.3 Å². The molecule has 2 heterocycles. The molecule has 4 heteroatoms. The molecule has 0 saturated carbocycles. The minimum Gasteiger partial charge on any atom is -0.397 e. The van der Waals surface area contributed by atoms with Crippen LogP contribution in [0.4, 0.5) is 5.69 Å². The molecule has 14 heavy (non-hydrogen) atoms. The summed E-state index contributed by atoms with van der Waals surface area (Å²) >= 11 is 5.99. The fourth-order valence-corrected chi connectivity index (χ4v) is 1.43. The third kappa shape index (κ3) is 1.54. The highest BCUT2D eigenvalue weighted by Gasteiger charge is 2.06. The lowest BCUT2D eigenvalue weighted by Crippen LogP contribution is -1.92. The maximum Gasteiger partial charge on any atom is 0.0909 e. The van der Waals surface area contributed by atoms with Gasteiger partial charge >= 0.3 is 0 Å². The fourth-order valence-electron chi connectivity index (χ4n) is 1.21. The molecule has 0 aliphatic carbocycles. The first-order chi connectivity index (χ1) is 6.79. The number of nitrogens with zero attached hydrogens (tertiary/aromatic N) is 2. The lowest BCUT2D eigenvalue weighted by Gasteiger charge is -2.04.